The zero-order valence-electron chi connectivity index (χ0n) is 14.1. The van der Waals surface area contributed by atoms with Crippen molar-refractivity contribution in [3.63, 3.8) is 0 Å². The lowest BCUT2D eigenvalue weighted by molar-refractivity contribution is -0.117. The third-order valence-corrected chi connectivity index (χ3v) is 4.31. The minimum atomic E-state index is -0.316. The molecule has 26 heavy (non-hydrogen) atoms. The molecule has 0 unspecified atom stereocenters. The number of rotatable bonds is 5. The van der Waals surface area contributed by atoms with E-state index in [9.17, 15) is 9.59 Å². The van der Waals surface area contributed by atoms with Crippen molar-refractivity contribution in [2.24, 2.45) is 5.92 Å². The molecule has 5 nitrogen and oxygen atoms in total. The number of furan rings is 1. The van der Waals surface area contributed by atoms with Gasteiger partial charge < -0.3 is 15.1 Å². The molecule has 2 N–H and O–H groups in total. The second kappa shape index (κ2) is 6.88. The Morgan fingerprint density at radius 3 is 2.15 bits per heavy atom. The first-order valence-corrected chi connectivity index (χ1v) is 8.56. The highest BCUT2D eigenvalue weighted by molar-refractivity contribution is 6.06. The number of benzene rings is 2. The minimum absolute atomic E-state index is 0.0601. The quantitative estimate of drug-likeness (QED) is 0.712. The van der Waals surface area contributed by atoms with Crippen LogP contribution in [-0.2, 0) is 4.79 Å². The summed E-state index contributed by atoms with van der Waals surface area (Å²) in [6.45, 7) is 0. The van der Waals surface area contributed by atoms with Gasteiger partial charge in [0.05, 0.1) is 6.26 Å². The van der Waals surface area contributed by atoms with Crippen molar-refractivity contribution in [3.05, 3.63) is 72.7 Å². The van der Waals surface area contributed by atoms with Crippen LogP contribution in [0.2, 0.25) is 0 Å². The van der Waals surface area contributed by atoms with E-state index in [1.165, 1.54) is 6.26 Å². The fourth-order valence-corrected chi connectivity index (χ4v) is 2.74. The Morgan fingerprint density at radius 1 is 0.846 bits per heavy atom. The van der Waals surface area contributed by atoms with Crippen LogP contribution < -0.4 is 10.6 Å². The van der Waals surface area contributed by atoms with Gasteiger partial charge in [0.1, 0.15) is 0 Å². The van der Waals surface area contributed by atoms with E-state index in [0.29, 0.717) is 5.69 Å². The maximum atomic E-state index is 12.6. The number of nitrogens with one attached hydrogen (secondary N) is 2. The highest BCUT2D eigenvalue weighted by atomic mass is 16.3. The standard InChI is InChI=1S/C21H18N2O3/c24-20(15-6-7-15)22-16-8-10-17(11-9-16)23-21(25)19-18(12-13-26-19)14-4-2-1-3-5-14/h1-5,8-13,15H,6-7H2,(H,22,24)(H,23,25). The average molecular weight is 346 g/mol. The van der Waals surface area contributed by atoms with Crippen molar-refractivity contribution in [3.8, 4) is 11.1 Å². The van der Waals surface area contributed by atoms with Gasteiger partial charge in [-0.2, -0.15) is 0 Å². The summed E-state index contributed by atoms with van der Waals surface area (Å²) in [6, 6.07) is 18.5. The van der Waals surface area contributed by atoms with E-state index in [-0.39, 0.29) is 23.5 Å². The van der Waals surface area contributed by atoms with Crippen molar-refractivity contribution in [1.82, 2.24) is 0 Å². The van der Waals surface area contributed by atoms with Crippen molar-refractivity contribution >= 4 is 23.2 Å². The predicted octanol–water partition coefficient (Wildman–Crippen LogP) is 4.55. The van der Waals surface area contributed by atoms with Crippen molar-refractivity contribution in [1.29, 1.82) is 0 Å². The summed E-state index contributed by atoms with van der Waals surface area (Å²) < 4.78 is 5.39. The molecule has 2 aromatic carbocycles. The second-order valence-electron chi connectivity index (χ2n) is 6.32. The Balaban J connectivity index is 1.45. The molecule has 0 saturated heterocycles. The molecule has 130 valence electrons. The van der Waals surface area contributed by atoms with E-state index in [0.717, 1.165) is 29.7 Å². The number of carbonyl (C=O) groups excluding carboxylic acids is 2. The molecule has 1 heterocycles. The van der Waals surface area contributed by atoms with Gasteiger partial charge in [0.15, 0.2) is 5.76 Å². The fraction of sp³-hybridized carbons (Fsp3) is 0.143. The van der Waals surface area contributed by atoms with Crippen LogP contribution in [0.25, 0.3) is 11.1 Å². The maximum absolute atomic E-state index is 12.6. The molecular weight excluding hydrogens is 328 g/mol. The van der Waals surface area contributed by atoms with E-state index < -0.39 is 0 Å². The number of hydrogen-bond donors (Lipinski definition) is 2. The number of anilines is 2. The first-order valence-electron chi connectivity index (χ1n) is 8.56. The molecule has 1 aliphatic carbocycles. The van der Waals surface area contributed by atoms with E-state index in [4.69, 9.17) is 4.42 Å². The van der Waals surface area contributed by atoms with Gasteiger partial charge in [-0.25, -0.2) is 0 Å². The first-order chi connectivity index (χ1) is 12.7. The molecule has 1 fully saturated rings. The molecule has 2 amide bonds. The average Bonchev–Trinajstić information content (AvgIpc) is 3.40. The lowest BCUT2D eigenvalue weighted by Crippen LogP contribution is -2.14. The SMILES string of the molecule is O=C(Nc1ccc(NC(=O)C2CC2)cc1)c1occc1-c1ccccc1. The van der Waals surface area contributed by atoms with E-state index in [2.05, 4.69) is 10.6 Å². The maximum Gasteiger partial charge on any atom is 0.292 e. The Hall–Kier alpha value is -3.34. The van der Waals surface area contributed by atoms with Gasteiger partial charge in [0.2, 0.25) is 5.91 Å². The van der Waals surface area contributed by atoms with Gasteiger partial charge in [-0.1, -0.05) is 30.3 Å². The second-order valence-corrected chi connectivity index (χ2v) is 6.32. The topological polar surface area (TPSA) is 71.3 Å². The summed E-state index contributed by atoms with van der Waals surface area (Å²) in [6.07, 6.45) is 3.44. The van der Waals surface area contributed by atoms with Crippen molar-refractivity contribution in [2.45, 2.75) is 12.8 Å². The summed E-state index contributed by atoms with van der Waals surface area (Å²) >= 11 is 0. The van der Waals surface area contributed by atoms with Gasteiger partial charge in [-0.3, -0.25) is 9.59 Å². The molecular formula is C21H18N2O3. The van der Waals surface area contributed by atoms with E-state index in [1.807, 2.05) is 30.3 Å². The molecule has 0 aliphatic heterocycles. The largest absolute Gasteiger partial charge is 0.459 e. The summed E-state index contributed by atoms with van der Waals surface area (Å²) in [4.78, 5) is 24.3. The molecule has 0 radical (unpaired) electrons. The van der Waals surface area contributed by atoms with Crippen LogP contribution in [0.1, 0.15) is 23.4 Å². The number of amides is 2. The van der Waals surface area contributed by atoms with E-state index in [1.54, 1.807) is 30.3 Å². The molecule has 4 rings (SSSR count). The molecule has 1 aliphatic rings. The zero-order valence-corrected chi connectivity index (χ0v) is 14.1. The summed E-state index contributed by atoms with van der Waals surface area (Å²) in [5.74, 6) is 0.167. The number of carbonyl (C=O) groups is 2. The smallest absolute Gasteiger partial charge is 0.292 e. The fourth-order valence-electron chi connectivity index (χ4n) is 2.74. The highest BCUT2D eigenvalue weighted by Crippen LogP contribution is 2.30. The Kier molecular flexibility index (Phi) is 4.27. The van der Waals surface area contributed by atoms with Gasteiger partial charge in [-0.05, 0) is 48.7 Å². The van der Waals surface area contributed by atoms with Crippen molar-refractivity contribution < 1.29 is 14.0 Å². The normalized spacial score (nSPS) is 13.2. The number of hydrogen-bond acceptors (Lipinski definition) is 3. The van der Waals surface area contributed by atoms with Crippen LogP contribution in [0.15, 0.2) is 71.3 Å². The van der Waals surface area contributed by atoms with Gasteiger partial charge in [-0.15, -0.1) is 0 Å². The van der Waals surface area contributed by atoms with Crippen LogP contribution in [0.5, 0.6) is 0 Å². The third kappa shape index (κ3) is 3.52. The minimum Gasteiger partial charge on any atom is -0.459 e. The Morgan fingerprint density at radius 2 is 1.50 bits per heavy atom. The summed E-state index contributed by atoms with van der Waals surface area (Å²) in [7, 11) is 0. The molecule has 0 atom stereocenters. The van der Waals surface area contributed by atoms with Gasteiger partial charge in [0.25, 0.3) is 5.91 Å². The molecule has 1 aromatic heterocycles. The zero-order chi connectivity index (χ0) is 17.9. The van der Waals surface area contributed by atoms with Crippen LogP contribution in [0.4, 0.5) is 11.4 Å². The van der Waals surface area contributed by atoms with E-state index >= 15 is 0 Å². The van der Waals surface area contributed by atoms with Crippen LogP contribution >= 0.6 is 0 Å². The highest BCUT2D eigenvalue weighted by Gasteiger charge is 2.29. The third-order valence-electron chi connectivity index (χ3n) is 4.31. The van der Waals surface area contributed by atoms with Gasteiger partial charge >= 0.3 is 0 Å². The Bertz CT molecular complexity index is 925. The van der Waals surface area contributed by atoms with Crippen molar-refractivity contribution in [2.75, 3.05) is 10.6 Å². The Labute approximate surface area is 151 Å². The van der Waals surface area contributed by atoms with Crippen LogP contribution in [0.3, 0.4) is 0 Å². The molecule has 0 spiro atoms. The summed E-state index contributed by atoms with van der Waals surface area (Å²) in [5, 5.41) is 5.70. The lowest BCUT2D eigenvalue weighted by Gasteiger charge is -2.08. The predicted molar refractivity (Wildman–Crippen MR) is 99.9 cm³/mol. The molecule has 3 aromatic rings. The molecule has 5 heteroatoms. The summed E-state index contributed by atoms with van der Waals surface area (Å²) in [5.41, 5.74) is 3.03. The van der Waals surface area contributed by atoms with Crippen LogP contribution in [-0.4, -0.2) is 11.8 Å². The monoisotopic (exact) mass is 346 g/mol. The molecule has 1 saturated carbocycles. The van der Waals surface area contributed by atoms with Crippen LogP contribution in [0, 0.1) is 5.92 Å². The first kappa shape index (κ1) is 16.1. The van der Waals surface area contributed by atoms with Gasteiger partial charge in [0, 0.05) is 22.9 Å². The lowest BCUT2D eigenvalue weighted by atomic mass is 10.1. The molecule has 0 bridgehead atoms.